The SMILES string of the molecule is CC(C)N(CC[SiH3])C(C)C.CC(C)N([SiH3])C(C)C. The van der Waals surface area contributed by atoms with Gasteiger partial charge >= 0.3 is 0 Å². The molecule has 0 heterocycles. The zero-order chi connectivity index (χ0) is 14.9. The zero-order valence-electron chi connectivity index (χ0n) is 14.6. The third kappa shape index (κ3) is 10.3. The summed E-state index contributed by atoms with van der Waals surface area (Å²) in [5, 5.41) is 0. The monoisotopic (exact) mass is 290 g/mol. The normalized spacial score (nSPS) is 12.3. The Morgan fingerprint density at radius 3 is 1.11 bits per heavy atom. The first-order valence-electron chi connectivity index (χ1n) is 7.62. The van der Waals surface area contributed by atoms with E-state index < -0.39 is 0 Å². The summed E-state index contributed by atoms with van der Waals surface area (Å²) in [6, 6.07) is 4.31. The minimum Gasteiger partial charge on any atom is -0.328 e. The molecule has 0 aliphatic heterocycles. The molecule has 4 heteroatoms. The van der Waals surface area contributed by atoms with E-state index in [2.05, 4.69) is 64.9 Å². The Morgan fingerprint density at radius 1 is 0.722 bits per heavy atom. The van der Waals surface area contributed by atoms with E-state index in [9.17, 15) is 0 Å². The molecule has 0 amide bonds. The second-order valence-electron chi connectivity index (χ2n) is 6.28. The van der Waals surface area contributed by atoms with E-state index in [0.717, 1.165) is 12.1 Å². The van der Waals surface area contributed by atoms with Gasteiger partial charge in [0.15, 0.2) is 0 Å². The average molecular weight is 291 g/mol. The molecule has 0 spiro atoms. The molecule has 0 aliphatic carbocycles. The molecule has 0 saturated heterocycles. The topological polar surface area (TPSA) is 6.48 Å². The molecule has 0 rings (SSSR count). The number of hydrogen-bond acceptors (Lipinski definition) is 2. The summed E-state index contributed by atoms with van der Waals surface area (Å²) < 4.78 is 2.47. The zero-order valence-corrected chi connectivity index (χ0v) is 18.6. The molecule has 2 nitrogen and oxygen atoms in total. The maximum atomic E-state index is 2.55. The van der Waals surface area contributed by atoms with E-state index in [-0.39, 0.29) is 0 Å². The number of hydrogen-bond donors (Lipinski definition) is 0. The lowest BCUT2D eigenvalue weighted by atomic mass is 10.2. The minimum atomic E-state index is 0.717. The highest BCUT2D eigenvalue weighted by molar-refractivity contribution is 6.08. The van der Waals surface area contributed by atoms with Crippen LogP contribution in [-0.2, 0) is 0 Å². The van der Waals surface area contributed by atoms with Crippen molar-refractivity contribution in [1.29, 1.82) is 0 Å². The summed E-state index contributed by atoms with van der Waals surface area (Å²) in [5.41, 5.74) is 0. The second-order valence-corrected chi connectivity index (χ2v) is 8.31. The Morgan fingerprint density at radius 2 is 1.06 bits per heavy atom. The van der Waals surface area contributed by atoms with Gasteiger partial charge in [0.1, 0.15) is 0 Å². The molecular formula is C14H38N2Si2. The summed E-state index contributed by atoms with van der Waals surface area (Å²) in [6.07, 6.45) is 0. The van der Waals surface area contributed by atoms with E-state index in [4.69, 9.17) is 0 Å². The molecule has 0 fully saturated rings. The van der Waals surface area contributed by atoms with Crippen LogP contribution in [0, 0.1) is 0 Å². The molecule has 0 aromatic heterocycles. The molecule has 0 aromatic rings. The summed E-state index contributed by atoms with van der Waals surface area (Å²) in [5.74, 6) is 0. The Hall–Kier alpha value is 0.354. The lowest BCUT2D eigenvalue weighted by molar-refractivity contribution is 0.185. The predicted molar refractivity (Wildman–Crippen MR) is 93.8 cm³/mol. The van der Waals surface area contributed by atoms with Crippen molar-refractivity contribution < 1.29 is 0 Å². The smallest absolute Gasteiger partial charge is 0.0790 e. The Balaban J connectivity index is 0. The average Bonchev–Trinajstić information content (AvgIpc) is 2.24. The predicted octanol–water partition coefficient (Wildman–Crippen LogP) is 1.27. The van der Waals surface area contributed by atoms with Gasteiger partial charge in [-0.2, -0.15) is 0 Å². The van der Waals surface area contributed by atoms with Crippen LogP contribution in [0.5, 0.6) is 0 Å². The van der Waals surface area contributed by atoms with Crippen molar-refractivity contribution in [3.63, 3.8) is 0 Å². The van der Waals surface area contributed by atoms with Gasteiger partial charge in [-0.25, -0.2) is 0 Å². The van der Waals surface area contributed by atoms with E-state index in [1.807, 2.05) is 0 Å². The first-order chi connectivity index (χ1) is 8.14. The van der Waals surface area contributed by atoms with Gasteiger partial charge in [-0.05, 0) is 46.3 Å². The van der Waals surface area contributed by atoms with Crippen molar-refractivity contribution >= 4 is 20.6 Å². The van der Waals surface area contributed by atoms with Crippen molar-refractivity contribution in [2.75, 3.05) is 6.54 Å². The van der Waals surface area contributed by atoms with Gasteiger partial charge in [-0.3, -0.25) is 4.90 Å². The van der Waals surface area contributed by atoms with E-state index in [1.165, 1.54) is 33.2 Å². The van der Waals surface area contributed by atoms with Crippen LogP contribution in [-0.4, -0.2) is 60.8 Å². The fraction of sp³-hybridized carbons (Fsp3) is 1.00. The van der Waals surface area contributed by atoms with Crippen LogP contribution in [0.2, 0.25) is 6.04 Å². The van der Waals surface area contributed by atoms with Crippen molar-refractivity contribution in [3.05, 3.63) is 0 Å². The molecule has 0 unspecified atom stereocenters. The molecule has 0 aromatic carbocycles. The Labute approximate surface area is 122 Å². The van der Waals surface area contributed by atoms with Crippen LogP contribution in [0.3, 0.4) is 0 Å². The number of rotatable bonds is 6. The van der Waals surface area contributed by atoms with Gasteiger partial charge in [0.25, 0.3) is 0 Å². The van der Waals surface area contributed by atoms with Crippen LogP contribution in [0.4, 0.5) is 0 Å². The number of nitrogens with zero attached hydrogens (tertiary/aromatic N) is 2. The van der Waals surface area contributed by atoms with Gasteiger partial charge in [-0.15, -0.1) is 0 Å². The molecule has 0 aliphatic rings. The lowest BCUT2D eigenvalue weighted by Gasteiger charge is -2.29. The molecule has 18 heavy (non-hydrogen) atoms. The van der Waals surface area contributed by atoms with Gasteiger partial charge in [0.2, 0.25) is 0 Å². The second kappa shape index (κ2) is 11.2. The van der Waals surface area contributed by atoms with Crippen molar-refractivity contribution in [2.24, 2.45) is 0 Å². The van der Waals surface area contributed by atoms with Gasteiger partial charge < -0.3 is 4.57 Å². The molecule has 112 valence electrons. The van der Waals surface area contributed by atoms with Crippen LogP contribution in [0.1, 0.15) is 55.4 Å². The first-order valence-corrected chi connectivity index (χ1v) is 9.93. The van der Waals surface area contributed by atoms with E-state index in [1.54, 1.807) is 0 Å². The lowest BCUT2D eigenvalue weighted by Crippen LogP contribution is -2.37. The Bertz CT molecular complexity index is 167. The van der Waals surface area contributed by atoms with E-state index >= 15 is 0 Å². The molecule has 0 bridgehead atoms. The molecular weight excluding hydrogens is 252 g/mol. The summed E-state index contributed by atoms with van der Waals surface area (Å²) in [6.45, 7) is 19.4. The fourth-order valence-corrected chi connectivity index (χ4v) is 2.48. The highest BCUT2D eigenvalue weighted by Crippen LogP contribution is 2.04. The summed E-state index contributed by atoms with van der Waals surface area (Å²) in [4.78, 5) is 2.55. The maximum absolute atomic E-state index is 2.55. The van der Waals surface area contributed by atoms with Crippen molar-refractivity contribution in [1.82, 2.24) is 9.47 Å². The van der Waals surface area contributed by atoms with Gasteiger partial charge in [-0.1, -0.05) is 33.7 Å². The molecule has 0 saturated carbocycles. The third-order valence-corrected chi connectivity index (χ3v) is 5.95. The molecule has 0 atom stereocenters. The van der Waals surface area contributed by atoms with Gasteiger partial charge in [0, 0.05) is 22.3 Å². The van der Waals surface area contributed by atoms with Crippen molar-refractivity contribution in [2.45, 2.75) is 85.6 Å². The Kier molecular flexibility index (Phi) is 12.9. The highest BCUT2D eigenvalue weighted by Gasteiger charge is 2.10. The third-order valence-electron chi connectivity index (χ3n) is 3.44. The van der Waals surface area contributed by atoms with Crippen LogP contribution >= 0.6 is 0 Å². The van der Waals surface area contributed by atoms with Crippen molar-refractivity contribution in [3.8, 4) is 0 Å². The van der Waals surface area contributed by atoms with Crippen LogP contribution in [0.25, 0.3) is 0 Å². The summed E-state index contributed by atoms with van der Waals surface area (Å²) in [7, 11) is 2.53. The highest BCUT2D eigenvalue weighted by atomic mass is 28.2. The quantitative estimate of drug-likeness (QED) is 0.680. The van der Waals surface area contributed by atoms with Crippen LogP contribution < -0.4 is 0 Å². The minimum absolute atomic E-state index is 0.717. The maximum Gasteiger partial charge on any atom is 0.0790 e. The summed E-state index contributed by atoms with van der Waals surface area (Å²) >= 11 is 0. The largest absolute Gasteiger partial charge is 0.328 e. The van der Waals surface area contributed by atoms with E-state index in [0.29, 0.717) is 12.1 Å². The van der Waals surface area contributed by atoms with Crippen LogP contribution in [0.15, 0.2) is 0 Å². The fourth-order valence-electron chi connectivity index (χ4n) is 1.97. The molecule has 0 radical (unpaired) electrons. The molecule has 0 N–H and O–H groups in total. The first kappa shape index (κ1) is 20.7. The van der Waals surface area contributed by atoms with Gasteiger partial charge in [0.05, 0.1) is 10.4 Å². The standard InChI is InChI=1S/C8H21NSi.C6H17NSi/c1-7(2)9(5-6-10)8(3)4;1-5(2)7(8)6(3)4/h7-8H,5-6H2,1-4,10H3;5-6H,1-4,8H3.